The molecule has 0 amide bonds. The van der Waals surface area contributed by atoms with Gasteiger partial charge in [0.25, 0.3) is 0 Å². The Hall–Kier alpha value is -0.392. The van der Waals surface area contributed by atoms with Crippen molar-refractivity contribution < 1.29 is 5.11 Å². The van der Waals surface area contributed by atoms with E-state index in [-0.39, 0.29) is 0 Å². The molecule has 1 rings (SSSR count). The molecule has 1 aromatic carbocycles. The normalized spacial score (nSPS) is 10.0. The van der Waals surface area contributed by atoms with Gasteiger partial charge in [0.2, 0.25) is 0 Å². The monoisotopic (exact) mass is 224 g/mol. The van der Waals surface area contributed by atoms with E-state index in [0.717, 1.165) is 16.7 Å². The summed E-state index contributed by atoms with van der Waals surface area (Å²) in [5.74, 6) is 0. The zero-order valence-corrected chi connectivity index (χ0v) is 9.70. The minimum absolute atomic E-state index is 0.407. The van der Waals surface area contributed by atoms with Crippen LogP contribution in [0.15, 0.2) is 12.1 Å². The van der Waals surface area contributed by atoms with Crippen LogP contribution in [0.25, 0.3) is 0 Å². The average molecular weight is 224 g/mol. The first-order chi connectivity index (χ1) is 5.52. The van der Waals surface area contributed by atoms with E-state index in [2.05, 4.69) is 19.1 Å². The summed E-state index contributed by atoms with van der Waals surface area (Å²) in [6, 6.07) is 4.17. The summed E-state index contributed by atoms with van der Waals surface area (Å²) in [4.78, 5) is 0. The van der Waals surface area contributed by atoms with Gasteiger partial charge in [0.05, 0.1) is 0 Å². The van der Waals surface area contributed by atoms with Gasteiger partial charge in [0, 0.05) is 0 Å². The Morgan fingerprint density at radius 3 is 1.92 bits per heavy atom. The fourth-order valence-corrected chi connectivity index (χ4v) is 2.38. The van der Waals surface area contributed by atoms with Crippen LogP contribution in [0, 0.1) is 20.8 Å². The van der Waals surface area contributed by atoms with Gasteiger partial charge in [-0.2, -0.15) is 0 Å². The molecule has 0 bridgehead atoms. The van der Waals surface area contributed by atoms with Gasteiger partial charge in [-0.1, -0.05) is 0 Å². The molecule has 1 aromatic rings. The van der Waals surface area contributed by atoms with Crippen molar-refractivity contribution in [1.29, 1.82) is 0 Å². The van der Waals surface area contributed by atoms with Crippen LogP contribution in [0.1, 0.15) is 22.3 Å². The van der Waals surface area contributed by atoms with Gasteiger partial charge in [0.1, 0.15) is 0 Å². The van der Waals surface area contributed by atoms with Gasteiger partial charge >= 0.3 is 81.2 Å². The maximum atomic E-state index is 9.39. The molecule has 0 aliphatic rings. The van der Waals surface area contributed by atoms with Gasteiger partial charge in [-0.25, -0.2) is 0 Å². The Morgan fingerprint density at radius 1 is 1.17 bits per heavy atom. The number of rotatable bonds is 1. The molecule has 0 saturated heterocycles. The summed E-state index contributed by atoms with van der Waals surface area (Å²) in [5, 5.41) is 9.39. The molecule has 12 heavy (non-hydrogen) atoms. The van der Waals surface area contributed by atoms with Crippen molar-refractivity contribution in [2.45, 2.75) is 20.8 Å². The van der Waals surface area contributed by atoms with Gasteiger partial charge in [-0.15, -0.1) is 0 Å². The van der Waals surface area contributed by atoms with Crippen molar-refractivity contribution in [1.82, 2.24) is 0 Å². The molecule has 1 nitrogen and oxygen atoms in total. The quantitative estimate of drug-likeness (QED) is 0.714. The number of benzene rings is 1. The van der Waals surface area contributed by atoms with Gasteiger partial charge in [-0.05, 0) is 0 Å². The van der Waals surface area contributed by atoms with E-state index in [1.54, 1.807) is 16.4 Å². The third kappa shape index (κ3) is 1.85. The van der Waals surface area contributed by atoms with Crippen molar-refractivity contribution in [3.05, 3.63) is 34.4 Å². The first kappa shape index (κ1) is 9.69. The van der Waals surface area contributed by atoms with Crippen LogP contribution >= 0.6 is 0 Å². The molecule has 0 aliphatic heterocycles. The van der Waals surface area contributed by atoms with E-state index in [1.807, 2.05) is 13.8 Å². The molecule has 0 radical (unpaired) electrons. The van der Waals surface area contributed by atoms with Crippen molar-refractivity contribution in [3.63, 3.8) is 0 Å². The summed E-state index contributed by atoms with van der Waals surface area (Å²) in [6.45, 7) is 6.11. The average Bonchev–Trinajstić information content (AvgIpc) is 1.82. The van der Waals surface area contributed by atoms with Crippen LogP contribution in [0.4, 0.5) is 0 Å². The van der Waals surface area contributed by atoms with Gasteiger partial charge in [-0.3, -0.25) is 0 Å². The summed E-state index contributed by atoms with van der Waals surface area (Å²) < 4.78 is 0.407. The fourth-order valence-electron chi connectivity index (χ4n) is 1.55. The third-order valence-corrected chi connectivity index (χ3v) is 2.44. The fraction of sp³-hybridized carbons (Fsp3) is 0.300. The van der Waals surface area contributed by atoms with Crippen LogP contribution in [-0.2, 0) is 0 Å². The van der Waals surface area contributed by atoms with Crippen LogP contribution < -0.4 is 0 Å². The second-order valence-electron chi connectivity index (χ2n) is 3.12. The van der Waals surface area contributed by atoms with Crippen molar-refractivity contribution in [3.8, 4) is 0 Å². The number of aryl methyl sites for hydroxylation is 3. The second-order valence-corrected chi connectivity index (χ2v) is 4.12. The predicted octanol–water partition coefficient (Wildman–Crippen LogP) is 1.36. The Morgan fingerprint density at radius 2 is 1.58 bits per heavy atom. The molecule has 0 fully saturated rings. The van der Waals surface area contributed by atoms with Crippen LogP contribution in [0.3, 0.4) is 0 Å². The predicted molar refractivity (Wildman–Crippen MR) is 53.8 cm³/mol. The van der Waals surface area contributed by atoms with Crippen molar-refractivity contribution in [2.75, 3.05) is 0 Å². The van der Waals surface area contributed by atoms with E-state index in [4.69, 9.17) is 0 Å². The van der Waals surface area contributed by atoms with Gasteiger partial charge < -0.3 is 0 Å². The molecule has 0 heterocycles. The van der Waals surface area contributed by atoms with E-state index >= 15 is 0 Å². The van der Waals surface area contributed by atoms with E-state index < -0.39 is 0 Å². The zero-order valence-electron chi connectivity index (χ0n) is 7.60. The molecule has 0 spiro atoms. The van der Waals surface area contributed by atoms with Crippen LogP contribution in [-0.4, -0.2) is 26.0 Å². The first-order valence-electron chi connectivity index (χ1n) is 3.88. The first-order valence-corrected chi connectivity index (χ1v) is 4.93. The third-order valence-electron chi connectivity index (χ3n) is 1.91. The summed E-state index contributed by atoms with van der Waals surface area (Å²) in [7, 11) is 0. The van der Waals surface area contributed by atoms with Crippen LogP contribution in [0.2, 0.25) is 0 Å². The summed E-state index contributed by atoms with van der Waals surface area (Å²) >= 11 is 1.73. The van der Waals surface area contributed by atoms with Crippen molar-refractivity contribution in [2.24, 2.45) is 0 Å². The van der Waals surface area contributed by atoms with Crippen molar-refractivity contribution >= 4 is 20.9 Å². The molecule has 1 N–H and O–H groups in total. The summed E-state index contributed by atoms with van der Waals surface area (Å²) in [6.07, 6.45) is 0. The molecule has 0 aliphatic carbocycles. The minimum atomic E-state index is 0.407. The Labute approximate surface area is 81.5 Å². The number of aliphatic hydroxyl groups excluding tert-OH is 1. The SMILES string of the molecule is Cc1cc(C)c(C(O)=[AsH])c(C)c1. The Balaban J connectivity index is 3.38. The number of hydrogen-bond acceptors (Lipinski definition) is 1. The van der Waals surface area contributed by atoms with E-state index in [0.29, 0.717) is 4.49 Å². The standard InChI is InChI=1S/C10H13AsO/c1-6-4-7(2)9(10(11)12)8(3)5-6/h4-5,11-12H,1-3H3. The molecular formula is C10H13AsO. The molecule has 2 heteroatoms. The second kappa shape index (κ2) is 3.55. The maximum absolute atomic E-state index is 9.39. The number of aliphatic hydroxyl groups is 1. The van der Waals surface area contributed by atoms with E-state index in [9.17, 15) is 5.11 Å². The molecule has 0 atom stereocenters. The topological polar surface area (TPSA) is 20.2 Å². The molecule has 0 saturated carbocycles. The van der Waals surface area contributed by atoms with Gasteiger partial charge in [0.15, 0.2) is 0 Å². The van der Waals surface area contributed by atoms with Crippen LogP contribution in [0.5, 0.6) is 0 Å². The van der Waals surface area contributed by atoms with E-state index in [1.165, 1.54) is 5.56 Å². The Bertz CT molecular complexity index is 306. The molecule has 64 valence electrons. The zero-order chi connectivity index (χ0) is 9.30. The molecular weight excluding hydrogens is 211 g/mol. The Kier molecular flexibility index (Phi) is 2.87. The molecule has 0 unspecified atom stereocenters. The molecule has 0 aromatic heterocycles. The summed E-state index contributed by atoms with van der Waals surface area (Å²) in [5.41, 5.74) is 4.52. The number of hydrogen-bond donors (Lipinski definition) is 1.